The van der Waals surface area contributed by atoms with Crippen LogP contribution in [0, 0.1) is 11.3 Å². The average Bonchev–Trinajstić information content (AvgIpc) is 3.17. The molecule has 0 fully saturated rings. The van der Waals surface area contributed by atoms with E-state index in [9.17, 15) is 4.79 Å². The number of anilines is 3. The first-order valence-electron chi connectivity index (χ1n) is 10.7. The number of aromatic nitrogens is 2. The first kappa shape index (κ1) is 24.0. The summed E-state index contributed by atoms with van der Waals surface area (Å²) in [5.74, 6) is 2.70. The summed E-state index contributed by atoms with van der Waals surface area (Å²) in [5.41, 5.74) is 9.45. The number of carbonyl (C=O) groups excluding carboxylic acids is 1. The highest BCUT2D eigenvalue weighted by Gasteiger charge is 2.23. The molecular formula is C23H30N6OS2. The van der Waals surface area contributed by atoms with Crippen LogP contribution in [0.3, 0.4) is 0 Å². The van der Waals surface area contributed by atoms with Crippen molar-refractivity contribution in [1.29, 1.82) is 5.41 Å². The second-order valence-corrected chi connectivity index (χ2v) is 9.85. The number of hydrogen-bond acceptors (Lipinski definition) is 8. The number of thiophene rings is 1. The Kier molecular flexibility index (Phi) is 8.87. The second kappa shape index (κ2) is 11.8. The molecule has 1 aromatic carbocycles. The molecule has 0 saturated carbocycles. The molecule has 0 saturated heterocycles. The topological polar surface area (TPSA) is 117 Å². The van der Waals surface area contributed by atoms with Gasteiger partial charge in [0, 0.05) is 34.6 Å². The van der Waals surface area contributed by atoms with Crippen molar-refractivity contribution < 1.29 is 4.79 Å². The number of amides is 1. The van der Waals surface area contributed by atoms with Crippen molar-refractivity contribution in [2.45, 2.75) is 32.6 Å². The highest BCUT2D eigenvalue weighted by atomic mass is 32.2. The van der Waals surface area contributed by atoms with Crippen LogP contribution in [-0.2, 0) is 17.6 Å². The van der Waals surface area contributed by atoms with Gasteiger partial charge in [0.05, 0.1) is 5.39 Å². The van der Waals surface area contributed by atoms with Gasteiger partial charge in [0.1, 0.15) is 17.0 Å². The van der Waals surface area contributed by atoms with Gasteiger partial charge in [0.15, 0.2) is 0 Å². The van der Waals surface area contributed by atoms with E-state index in [2.05, 4.69) is 33.8 Å². The molecule has 32 heavy (non-hydrogen) atoms. The Hall–Kier alpha value is -2.65. The van der Waals surface area contributed by atoms with Gasteiger partial charge in [-0.3, -0.25) is 4.79 Å². The Morgan fingerprint density at radius 3 is 2.97 bits per heavy atom. The van der Waals surface area contributed by atoms with Crippen LogP contribution in [0.15, 0.2) is 24.5 Å². The molecule has 1 amide bonds. The van der Waals surface area contributed by atoms with Crippen LogP contribution >= 0.6 is 23.1 Å². The van der Waals surface area contributed by atoms with Crippen molar-refractivity contribution in [3.05, 3.63) is 40.5 Å². The molecule has 7 nitrogen and oxygen atoms in total. The minimum absolute atomic E-state index is 0.602. The maximum atomic E-state index is 9.65. The quantitative estimate of drug-likeness (QED) is 0.165. The molecule has 1 atom stereocenters. The summed E-state index contributed by atoms with van der Waals surface area (Å²) in [7, 11) is 0. The minimum atomic E-state index is 0.602. The predicted molar refractivity (Wildman–Crippen MR) is 138 cm³/mol. The number of nitrogens with two attached hydrogens (primary N) is 1. The minimum Gasteiger partial charge on any atom is -0.398 e. The first-order chi connectivity index (χ1) is 15.6. The lowest BCUT2D eigenvalue weighted by atomic mass is 9.89. The Morgan fingerprint density at radius 2 is 2.22 bits per heavy atom. The van der Waals surface area contributed by atoms with Crippen LogP contribution in [0.25, 0.3) is 10.2 Å². The van der Waals surface area contributed by atoms with E-state index in [4.69, 9.17) is 11.1 Å². The van der Waals surface area contributed by atoms with Crippen LogP contribution in [0.4, 0.5) is 17.2 Å². The summed E-state index contributed by atoms with van der Waals surface area (Å²) in [6.45, 7) is 3.12. The summed E-state index contributed by atoms with van der Waals surface area (Å²) >= 11 is 3.59. The third-order valence-corrected chi connectivity index (χ3v) is 7.21. The van der Waals surface area contributed by atoms with E-state index in [-0.39, 0.29) is 0 Å². The normalized spacial score (nSPS) is 14.8. The Morgan fingerprint density at radius 1 is 1.38 bits per heavy atom. The summed E-state index contributed by atoms with van der Waals surface area (Å²) in [6, 6.07) is 5.60. The molecule has 1 unspecified atom stereocenters. The van der Waals surface area contributed by atoms with Gasteiger partial charge < -0.3 is 21.8 Å². The largest absolute Gasteiger partial charge is 0.398 e. The van der Waals surface area contributed by atoms with E-state index in [1.807, 2.05) is 18.2 Å². The molecular weight excluding hydrogens is 440 g/mol. The molecule has 0 aliphatic heterocycles. The summed E-state index contributed by atoms with van der Waals surface area (Å²) in [4.78, 5) is 21.1. The van der Waals surface area contributed by atoms with Gasteiger partial charge in [-0.25, -0.2) is 9.97 Å². The zero-order chi connectivity index (χ0) is 22.9. The molecule has 0 spiro atoms. The van der Waals surface area contributed by atoms with Gasteiger partial charge in [0.25, 0.3) is 0 Å². The fourth-order valence-corrected chi connectivity index (χ4v) is 5.44. The molecule has 170 valence electrons. The molecule has 1 aliphatic rings. The lowest BCUT2D eigenvalue weighted by molar-refractivity contribution is -0.109. The average molecular weight is 471 g/mol. The van der Waals surface area contributed by atoms with Gasteiger partial charge in [-0.2, -0.15) is 11.8 Å². The van der Waals surface area contributed by atoms with Crippen molar-refractivity contribution >= 4 is 63.1 Å². The lowest BCUT2D eigenvalue weighted by Gasteiger charge is -2.18. The number of nitrogens with zero attached hydrogens (tertiary/aromatic N) is 2. The number of rotatable bonds is 8. The van der Waals surface area contributed by atoms with Crippen molar-refractivity contribution in [1.82, 2.24) is 15.3 Å². The van der Waals surface area contributed by atoms with E-state index in [0.717, 1.165) is 65.6 Å². The van der Waals surface area contributed by atoms with Crippen molar-refractivity contribution in [2.24, 2.45) is 5.92 Å². The van der Waals surface area contributed by atoms with E-state index < -0.39 is 0 Å². The standard InChI is InChI=1S/C18H19N5S.C5H11NOS/c1-10-2-4-13-15(6-10)24-18-16(13)17(21-9-22-18)23-12-3-5-14(20)11(7-12)8-19;1-8-4-2-3-6-5-7/h3,5,7-10,19H,2,4,6,20H2,1H3,(H,21,22,23);5H,2-4H2,1H3,(H,6,7). The van der Waals surface area contributed by atoms with Gasteiger partial charge in [0.2, 0.25) is 6.41 Å². The van der Waals surface area contributed by atoms with Crippen LogP contribution in [0.2, 0.25) is 0 Å². The van der Waals surface area contributed by atoms with Gasteiger partial charge in [-0.1, -0.05) is 6.92 Å². The second-order valence-electron chi connectivity index (χ2n) is 7.79. The monoisotopic (exact) mass is 470 g/mol. The van der Waals surface area contributed by atoms with Crippen LogP contribution < -0.4 is 16.4 Å². The van der Waals surface area contributed by atoms with Gasteiger partial charge >= 0.3 is 0 Å². The zero-order valence-corrected chi connectivity index (χ0v) is 20.1. The molecule has 2 aromatic heterocycles. The van der Waals surface area contributed by atoms with Crippen molar-refractivity contribution in [3.8, 4) is 0 Å². The fourth-order valence-electron chi connectivity index (χ4n) is 3.66. The molecule has 3 aromatic rings. The van der Waals surface area contributed by atoms with E-state index in [0.29, 0.717) is 11.3 Å². The SMILES string of the molecule is CC1CCc2c(sc3ncnc(Nc4ccc(N)c(C=N)c4)c23)C1.CSCCCNC=O. The third kappa shape index (κ3) is 5.98. The van der Waals surface area contributed by atoms with E-state index in [1.165, 1.54) is 23.1 Å². The number of nitrogens with one attached hydrogen (secondary N) is 3. The van der Waals surface area contributed by atoms with Crippen molar-refractivity contribution in [2.75, 3.05) is 29.6 Å². The number of carbonyl (C=O) groups is 1. The van der Waals surface area contributed by atoms with Gasteiger partial charge in [-0.15, -0.1) is 11.3 Å². The van der Waals surface area contributed by atoms with Crippen molar-refractivity contribution in [3.63, 3.8) is 0 Å². The summed E-state index contributed by atoms with van der Waals surface area (Å²) in [5, 5.41) is 14.6. The molecule has 1 aliphatic carbocycles. The molecule has 4 rings (SSSR count). The molecule has 2 heterocycles. The molecule has 9 heteroatoms. The summed E-state index contributed by atoms with van der Waals surface area (Å²) in [6.07, 6.45) is 10.2. The van der Waals surface area contributed by atoms with Gasteiger partial charge in [-0.05, 0) is 67.4 Å². The molecule has 0 radical (unpaired) electrons. The smallest absolute Gasteiger partial charge is 0.207 e. The van der Waals surface area contributed by atoms with E-state index in [1.54, 1.807) is 29.4 Å². The molecule has 0 bridgehead atoms. The Labute approximate surface area is 197 Å². The Balaban J connectivity index is 0.000000312. The number of nitrogen functional groups attached to an aromatic ring is 1. The highest BCUT2D eigenvalue weighted by molar-refractivity contribution is 7.98. The maximum absolute atomic E-state index is 9.65. The number of thioether (sulfide) groups is 1. The summed E-state index contributed by atoms with van der Waals surface area (Å²) < 4.78 is 0. The van der Waals surface area contributed by atoms with Crippen LogP contribution in [0.1, 0.15) is 35.8 Å². The third-order valence-electron chi connectivity index (χ3n) is 5.35. The maximum Gasteiger partial charge on any atom is 0.207 e. The Bertz CT molecular complexity index is 1070. The predicted octanol–water partition coefficient (Wildman–Crippen LogP) is 4.63. The fraction of sp³-hybridized carbons (Fsp3) is 0.391. The molecule has 5 N–H and O–H groups in total. The van der Waals surface area contributed by atoms with E-state index >= 15 is 0 Å². The number of hydrogen-bond donors (Lipinski definition) is 4. The highest BCUT2D eigenvalue weighted by Crippen LogP contribution is 2.40. The zero-order valence-electron chi connectivity index (χ0n) is 18.5. The van der Waals surface area contributed by atoms with Crippen LogP contribution in [0.5, 0.6) is 0 Å². The number of benzene rings is 1. The lowest BCUT2D eigenvalue weighted by Crippen LogP contribution is -2.12. The number of aryl methyl sites for hydroxylation is 1. The number of fused-ring (bicyclic) bond motifs is 3. The first-order valence-corrected chi connectivity index (χ1v) is 12.9. The van der Waals surface area contributed by atoms with Crippen LogP contribution in [-0.4, -0.2) is 41.1 Å².